The van der Waals surface area contributed by atoms with E-state index >= 15 is 0 Å². The van der Waals surface area contributed by atoms with Crippen molar-refractivity contribution in [1.82, 2.24) is 0 Å². The zero-order chi connectivity index (χ0) is 13.1. The van der Waals surface area contributed by atoms with E-state index in [1.54, 1.807) is 11.1 Å². The van der Waals surface area contributed by atoms with Crippen molar-refractivity contribution in [1.29, 1.82) is 0 Å². The van der Waals surface area contributed by atoms with Gasteiger partial charge in [-0.2, -0.15) is 0 Å². The highest BCUT2D eigenvalue weighted by atomic mass is 14.9. The highest BCUT2D eigenvalue weighted by Crippen LogP contribution is 2.29. The first-order chi connectivity index (χ1) is 8.59. The molecule has 1 aromatic rings. The molecule has 0 aliphatic heterocycles. The van der Waals surface area contributed by atoms with E-state index in [0.717, 1.165) is 0 Å². The van der Waals surface area contributed by atoms with Crippen LogP contribution in [0.3, 0.4) is 0 Å². The van der Waals surface area contributed by atoms with Crippen molar-refractivity contribution in [2.24, 2.45) is 11.8 Å². The molecule has 0 saturated carbocycles. The normalized spacial score (nSPS) is 15.3. The molecule has 0 spiro atoms. The smallest absolute Gasteiger partial charge is 0.0377 e. The van der Waals surface area contributed by atoms with Gasteiger partial charge in [0.2, 0.25) is 0 Å². The van der Waals surface area contributed by atoms with E-state index in [-0.39, 0.29) is 0 Å². The van der Waals surface area contributed by atoms with E-state index in [9.17, 15) is 0 Å². The van der Waals surface area contributed by atoms with Crippen molar-refractivity contribution in [3.05, 3.63) is 29.3 Å². The fourth-order valence-corrected chi connectivity index (χ4v) is 3.20. The summed E-state index contributed by atoms with van der Waals surface area (Å²) in [6, 6.07) is 7.35. The fourth-order valence-electron chi connectivity index (χ4n) is 3.20. The SMILES string of the molecule is CC(C)C(Nc1cccc2c1CCCC2)C(C)C. The minimum Gasteiger partial charge on any atom is -0.382 e. The summed E-state index contributed by atoms with van der Waals surface area (Å²) in [5.41, 5.74) is 4.53. The molecule has 0 atom stereocenters. The number of hydrogen-bond donors (Lipinski definition) is 1. The van der Waals surface area contributed by atoms with Crippen LogP contribution in [0.2, 0.25) is 0 Å². The van der Waals surface area contributed by atoms with E-state index < -0.39 is 0 Å². The van der Waals surface area contributed by atoms with Gasteiger partial charge in [0, 0.05) is 11.7 Å². The molecule has 2 rings (SSSR count). The summed E-state index contributed by atoms with van der Waals surface area (Å²) in [5, 5.41) is 3.81. The fraction of sp³-hybridized carbons (Fsp3) is 0.647. The Balaban J connectivity index is 2.23. The lowest BCUT2D eigenvalue weighted by Gasteiger charge is -2.30. The van der Waals surface area contributed by atoms with Gasteiger partial charge in [0.25, 0.3) is 0 Å². The van der Waals surface area contributed by atoms with Crippen molar-refractivity contribution in [2.45, 2.75) is 59.4 Å². The maximum atomic E-state index is 3.81. The lowest BCUT2D eigenvalue weighted by molar-refractivity contribution is 0.413. The zero-order valence-corrected chi connectivity index (χ0v) is 12.3. The van der Waals surface area contributed by atoms with Crippen molar-refractivity contribution < 1.29 is 0 Å². The van der Waals surface area contributed by atoms with Crippen LogP contribution >= 0.6 is 0 Å². The molecule has 0 saturated heterocycles. The maximum absolute atomic E-state index is 3.81. The van der Waals surface area contributed by atoms with Gasteiger partial charge in [0.15, 0.2) is 0 Å². The molecule has 0 heterocycles. The molecular weight excluding hydrogens is 218 g/mol. The summed E-state index contributed by atoms with van der Waals surface area (Å²) in [5.74, 6) is 1.34. The molecule has 1 heteroatoms. The summed E-state index contributed by atoms with van der Waals surface area (Å²) in [4.78, 5) is 0. The van der Waals surface area contributed by atoms with Gasteiger partial charge in [-0.25, -0.2) is 0 Å². The summed E-state index contributed by atoms with van der Waals surface area (Å²) >= 11 is 0. The molecular formula is C17H27N. The minimum atomic E-state index is 0.568. The van der Waals surface area contributed by atoms with E-state index in [1.165, 1.54) is 31.4 Å². The minimum absolute atomic E-state index is 0.568. The van der Waals surface area contributed by atoms with Gasteiger partial charge >= 0.3 is 0 Å². The third-order valence-corrected chi connectivity index (χ3v) is 4.15. The third kappa shape index (κ3) is 2.88. The maximum Gasteiger partial charge on any atom is 0.0377 e. The molecule has 1 N–H and O–H groups in total. The number of fused-ring (bicyclic) bond motifs is 1. The van der Waals surface area contributed by atoms with Crippen molar-refractivity contribution in [3.8, 4) is 0 Å². The summed E-state index contributed by atoms with van der Waals surface area (Å²) < 4.78 is 0. The molecule has 1 aromatic carbocycles. The average molecular weight is 245 g/mol. The lowest BCUT2D eigenvalue weighted by Crippen LogP contribution is -2.31. The first-order valence-corrected chi connectivity index (χ1v) is 7.47. The van der Waals surface area contributed by atoms with Gasteiger partial charge in [0.1, 0.15) is 0 Å². The Morgan fingerprint density at radius 2 is 1.61 bits per heavy atom. The molecule has 1 aliphatic carbocycles. The number of aryl methyl sites for hydroxylation is 1. The monoisotopic (exact) mass is 245 g/mol. The van der Waals surface area contributed by atoms with E-state index in [0.29, 0.717) is 17.9 Å². The largest absolute Gasteiger partial charge is 0.382 e. The van der Waals surface area contributed by atoms with Crippen LogP contribution in [0.15, 0.2) is 18.2 Å². The number of nitrogens with one attached hydrogen (secondary N) is 1. The number of hydrogen-bond acceptors (Lipinski definition) is 1. The second-order valence-electron chi connectivity index (χ2n) is 6.31. The Kier molecular flexibility index (Phi) is 4.31. The van der Waals surface area contributed by atoms with Crippen LogP contribution in [0, 0.1) is 11.8 Å². The Hall–Kier alpha value is -0.980. The van der Waals surface area contributed by atoms with Crippen LogP contribution < -0.4 is 5.32 Å². The molecule has 0 unspecified atom stereocenters. The lowest BCUT2D eigenvalue weighted by atomic mass is 9.88. The van der Waals surface area contributed by atoms with Crippen molar-refractivity contribution in [3.63, 3.8) is 0 Å². The third-order valence-electron chi connectivity index (χ3n) is 4.15. The molecule has 100 valence electrons. The Morgan fingerprint density at radius 3 is 2.28 bits per heavy atom. The van der Waals surface area contributed by atoms with Gasteiger partial charge in [0.05, 0.1) is 0 Å². The molecule has 18 heavy (non-hydrogen) atoms. The average Bonchev–Trinajstić information content (AvgIpc) is 2.35. The molecule has 0 bridgehead atoms. The van der Waals surface area contributed by atoms with Crippen LogP contribution in [0.4, 0.5) is 5.69 Å². The molecule has 0 radical (unpaired) electrons. The van der Waals surface area contributed by atoms with E-state index in [1.807, 2.05) is 0 Å². The predicted octanol–water partition coefficient (Wildman–Crippen LogP) is 4.66. The Bertz CT molecular complexity index is 385. The number of anilines is 1. The summed E-state index contributed by atoms with van der Waals surface area (Å²) in [7, 11) is 0. The quantitative estimate of drug-likeness (QED) is 0.813. The summed E-state index contributed by atoms with van der Waals surface area (Å²) in [6.07, 6.45) is 5.22. The Labute approximate surface area is 112 Å². The van der Waals surface area contributed by atoms with Gasteiger partial charge in [-0.05, 0) is 54.7 Å². The van der Waals surface area contributed by atoms with Crippen LogP contribution in [-0.4, -0.2) is 6.04 Å². The van der Waals surface area contributed by atoms with Crippen molar-refractivity contribution >= 4 is 5.69 Å². The number of benzene rings is 1. The van der Waals surface area contributed by atoms with Gasteiger partial charge in [-0.3, -0.25) is 0 Å². The van der Waals surface area contributed by atoms with Crippen LogP contribution in [0.25, 0.3) is 0 Å². The molecule has 0 amide bonds. The van der Waals surface area contributed by atoms with Gasteiger partial charge in [-0.15, -0.1) is 0 Å². The zero-order valence-electron chi connectivity index (χ0n) is 12.3. The highest BCUT2D eigenvalue weighted by molar-refractivity contribution is 5.56. The summed E-state index contributed by atoms with van der Waals surface area (Å²) in [6.45, 7) is 9.25. The molecule has 1 aliphatic rings. The van der Waals surface area contributed by atoms with E-state index in [2.05, 4.69) is 51.2 Å². The topological polar surface area (TPSA) is 12.0 Å². The molecule has 0 aromatic heterocycles. The first kappa shape index (κ1) is 13.5. The highest BCUT2D eigenvalue weighted by Gasteiger charge is 2.20. The Morgan fingerprint density at radius 1 is 0.944 bits per heavy atom. The van der Waals surface area contributed by atoms with Crippen LogP contribution in [-0.2, 0) is 12.8 Å². The second-order valence-corrected chi connectivity index (χ2v) is 6.31. The molecule has 0 fully saturated rings. The second kappa shape index (κ2) is 5.77. The van der Waals surface area contributed by atoms with Gasteiger partial charge < -0.3 is 5.32 Å². The van der Waals surface area contributed by atoms with Crippen LogP contribution in [0.1, 0.15) is 51.7 Å². The van der Waals surface area contributed by atoms with Gasteiger partial charge in [-0.1, -0.05) is 39.8 Å². The van der Waals surface area contributed by atoms with Crippen LogP contribution in [0.5, 0.6) is 0 Å². The van der Waals surface area contributed by atoms with E-state index in [4.69, 9.17) is 0 Å². The van der Waals surface area contributed by atoms with Crippen molar-refractivity contribution in [2.75, 3.05) is 5.32 Å². The standard InChI is InChI=1S/C17H27N/c1-12(2)17(13(3)4)18-16-11-7-9-14-8-5-6-10-15(14)16/h7,9,11-13,17-18H,5-6,8,10H2,1-4H3. The number of rotatable bonds is 4. The first-order valence-electron chi connectivity index (χ1n) is 7.47. The molecule has 1 nitrogen and oxygen atoms in total. The predicted molar refractivity (Wildman–Crippen MR) is 80.2 cm³/mol.